The minimum absolute atomic E-state index is 0.0478. The molecule has 76 valence electrons. The summed E-state index contributed by atoms with van der Waals surface area (Å²) in [6.07, 6.45) is 4.72. The summed E-state index contributed by atoms with van der Waals surface area (Å²) in [5.41, 5.74) is 0. The molecule has 2 rings (SSSR count). The first-order chi connectivity index (χ1) is 6.68. The number of aromatic nitrogens is 1. The lowest BCUT2D eigenvalue weighted by Crippen LogP contribution is -2.24. The van der Waals surface area contributed by atoms with Crippen LogP contribution in [0.3, 0.4) is 0 Å². The van der Waals surface area contributed by atoms with Crippen molar-refractivity contribution >= 4 is 10.0 Å². The van der Waals surface area contributed by atoms with Crippen LogP contribution in [0, 0.1) is 0 Å². The summed E-state index contributed by atoms with van der Waals surface area (Å²) in [6, 6.07) is 2.83. The van der Waals surface area contributed by atoms with Crippen molar-refractivity contribution in [3.05, 3.63) is 24.5 Å². The molecule has 0 saturated heterocycles. The highest BCUT2D eigenvalue weighted by Crippen LogP contribution is 2.22. The van der Waals surface area contributed by atoms with Crippen molar-refractivity contribution in [1.82, 2.24) is 9.87 Å². The third-order valence-corrected chi connectivity index (χ3v) is 3.02. The van der Waals surface area contributed by atoms with Gasteiger partial charge in [0, 0.05) is 12.4 Å². The van der Waals surface area contributed by atoms with Gasteiger partial charge in [-0.05, 0) is 25.0 Å². The lowest BCUT2D eigenvalue weighted by molar-refractivity contribution is 0.0785. The van der Waals surface area contributed by atoms with E-state index in [9.17, 15) is 8.42 Å². The maximum atomic E-state index is 11.5. The fourth-order valence-electron chi connectivity index (χ4n) is 0.883. The molecule has 5 nitrogen and oxygen atoms in total. The number of nitrogens with one attached hydrogen (secondary N) is 1. The Morgan fingerprint density at radius 2 is 2.00 bits per heavy atom. The standard InChI is InChI=1S/C8H10N2O3S/c11-14(12,10-13-7-1-2-7)8-3-5-9-6-4-8/h3-7,10H,1-2H2. The molecule has 0 bridgehead atoms. The summed E-state index contributed by atoms with van der Waals surface area (Å²) >= 11 is 0. The van der Waals surface area contributed by atoms with Gasteiger partial charge in [-0.25, -0.2) is 8.42 Å². The fraction of sp³-hybridized carbons (Fsp3) is 0.375. The van der Waals surface area contributed by atoms with Crippen LogP contribution in [0.4, 0.5) is 0 Å². The fourth-order valence-corrected chi connectivity index (χ4v) is 1.72. The van der Waals surface area contributed by atoms with Crippen molar-refractivity contribution < 1.29 is 13.3 Å². The van der Waals surface area contributed by atoms with Crippen LogP contribution in [0.2, 0.25) is 0 Å². The molecule has 1 heterocycles. The average molecular weight is 214 g/mol. The van der Waals surface area contributed by atoms with Crippen LogP contribution in [0.15, 0.2) is 29.4 Å². The van der Waals surface area contributed by atoms with Gasteiger partial charge in [-0.1, -0.05) is 4.89 Å². The Bertz CT molecular complexity index is 400. The molecule has 0 radical (unpaired) electrons. The topological polar surface area (TPSA) is 68.3 Å². The predicted molar refractivity (Wildman–Crippen MR) is 48.7 cm³/mol. The molecule has 6 heteroatoms. The summed E-state index contributed by atoms with van der Waals surface area (Å²) in [4.78, 5) is 10.9. The Labute approximate surface area is 82.1 Å². The largest absolute Gasteiger partial charge is 0.284 e. The first-order valence-corrected chi connectivity index (χ1v) is 5.74. The number of hydrogen-bond acceptors (Lipinski definition) is 4. The van der Waals surface area contributed by atoms with Crippen molar-refractivity contribution in [1.29, 1.82) is 0 Å². The van der Waals surface area contributed by atoms with Gasteiger partial charge in [0.15, 0.2) is 0 Å². The molecule has 0 aromatic carbocycles. The second kappa shape index (κ2) is 3.64. The van der Waals surface area contributed by atoms with E-state index in [-0.39, 0.29) is 11.0 Å². The highest BCUT2D eigenvalue weighted by Gasteiger charge is 2.25. The SMILES string of the molecule is O=S(=O)(NOC1CC1)c1ccncc1. The Hall–Kier alpha value is -0.980. The minimum Gasteiger partial charge on any atom is -0.284 e. The van der Waals surface area contributed by atoms with Crippen LogP contribution < -0.4 is 4.89 Å². The van der Waals surface area contributed by atoms with E-state index in [1.807, 2.05) is 0 Å². The Kier molecular flexibility index (Phi) is 2.49. The quantitative estimate of drug-likeness (QED) is 0.739. The van der Waals surface area contributed by atoms with Gasteiger partial charge < -0.3 is 0 Å². The smallest absolute Gasteiger partial charge is 0.262 e. The predicted octanol–water partition coefficient (Wildman–Crippen LogP) is 0.454. The zero-order chi connectivity index (χ0) is 10.0. The summed E-state index contributed by atoms with van der Waals surface area (Å²) in [6.45, 7) is 0. The summed E-state index contributed by atoms with van der Waals surface area (Å²) in [7, 11) is -3.53. The number of pyridine rings is 1. The van der Waals surface area contributed by atoms with Gasteiger partial charge in [-0.2, -0.15) is 0 Å². The molecular formula is C8H10N2O3S. The Morgan fingerprint density at radius 1 is 1.36 bits per heavy atom. The maximum Gasteiger partial charge on any atom is 0.262 e. The van der Waals surface area contributed by atoms with Crippen LogP contribution in [0.25, 0.3) is 0 Å². The molecular weight excluding hydrogens is 204 g/mol. The monoisotopic (exact) mass is 214 g/mol. The van der Waals surface area contributed by atoms with E-state index in [2.05, 4.69) is 9.87 Å². The van der Waals surface area contributed by atoms with Gasteiger partial charge in [0.05, 0.1) is 11.0 Å². The van der Waals surface area contributed by atoms with Crippen LogP contribution in [0.5, 0.6) is 0 Å². The average Bonchev–Trinajstić information content (AvgIpc) is 3.00. The highest BCUT2D eigenvalue weighted by molar-refractivity contribution is 7.89. The molecule has 0 spiro atoms. The summed E-state index contributed by atoms with van der Waals surface area (Å²) in [5.74, 6) is 0. The van der Waals surface area contributed by atoms with Crippen molar-refractivity contribution in [2.45, 2.75) is 23.8 Å². The zero-order valence-corrected chi connectivity index (χ0v) is 8.20. The van der Waals surface area contributed by atoms with Crippen LogP contribution in [0.1, 0.15) is 12.8 Å². The normalized spacial score (nSPS) is 16.9. The van der Waals surface area contributed by atoms with Crippen LogP contribution >= 0.6 is 0 Å². The Morgan fingerprint density at radius 3 is 2.57 bits per heavy atom. The van der Waals surface area contributed by atoms with Gasteiger partial charge >= 0.3 is 0 Å². The van der Waals surface area contributed by atoms with E-state index < -0.39 is 10.0 Å². The third-order valence-electron chi connectivity index (χ3n) is 1.81. The van der Waals surface area contributed by atoms with Gasteiger partial charge in [0.2, 0.25) is 0 Å². The molecule has 0 aliphatic heterocycles. The molecule has 1 fully saturated rings. The van der Waals surface area contributed by atoms with Crippen molar-refractivity contribution in [3.63, 3.8) is 0 Å². The minimum atomic E-state index is -3.53. The van der Waals surface area contributed by atoms with Crippen molar-refractivity contribution in [3.8, 4) is 0 Å². The Balaban J connectivity index is 2.07. The molecule has 1 aliphatic rings. The van der Waals surface area contributed by atoms with Crippen LogP contribution in [-0.4, -0.2) is 19.5 Å². The van der Waals surface area contributed by atoms with Crippen molar-refractivity contribution in [2.75, 3.05) is 0 Å². The molecule has 0 unspecified atom stereocenters. The number of hydrogen-bond donors (Lipinski definition) is 1. The number of nitrogens with zero attached hydrogens (tertiary/aromatic N) is 1. The zero-order valence-electron chi connectivity index (χ0n) is 7.38. The van der Waals surface area contributed by atoms with Gasteiger partial charge in [0.1, 0.15) is 0 Å². The molecule has 0 atom stereocenters. The summed E-state index contributed by atoms with van der Waals surface area (Å²) in [5, 5.41) is 0. The third kappa shape index (κ3) is 2.28. The highest BCUT2D eigenvalue weighted by atomic mass is 32.2. The lowest BCUT2D eigenvalue weighted by Gasteiger charge is -2.05. The van der Waals surface area contributed by atoms with E-state index in [1.54, 1.807) is 0 Å². The maximum absolute atomic E-state index is 11.5. The van der Waals surface area contributed by atoms with Gasteiger partial charge in [-0.3, -0.25) is 9.82 Å². The lowest BCUT2D eigenvalue weighted by atomic mass is 10.5. The summed E-state index contributed by atoms with van der Waals surface area (Å²) < 4.78 is 23.0. The first-order valence-electron chi connectivity index (χ1n) is 4.26. The van der Waals surface area contributed by atoms with Gasteiger partial charge in [-0.15, -0.1) is 0 Å². The first kappa shape index (κ1) is 9.57. The van der Waals surface area contributed by atoms with E-state index in [0.29, 0.717) is 0 Å². The second-order valence-electron chi connectivity index (χ2n) is 3.09. The van der Waals surface area contributed by atoms with Crippen LogP contribution in [-0.2, 0) is 14.9 Å². The van der Waals surface area contributed by atoms with Gasteiger partial charge in [0.25, 0.3) is 10.0 Å². The number of sulfonamides is 1. The molecule has 1 aromatic rings. The molecule has 14 heavy (non-hydrogen) atoms. The van der Waals surface area contributed by atoms with E-state index in [0.717, 1.165) is 12.8 Å². The van der Waals surface area contributed by atoms with E-state index >= 15 is 0 Å². The van der Waals surface area contributed by atoms with E-state index in [4.69, 9.17) is 4.84 Å². The molecule has 1 aliphatic carbocycles. The molecule has 0 amide bonds. The second-order valence-corrected chi connectivity index (χ2v) is 4.73. The van der Waals surface area contributed by atoms with E-state index in [1.165, 1.54) is 24.5 Å². The number of rotatable bonds is 4. The molecule has 1 N–H and O–H groups in total. The van der Waals surface area contributed by atoms with Crippen molar-refractivity contribution in [2.24, 2.45) is 0 Å². The molecule has 1 saturated carbocycles. The molecule has 1 aromatic heterocycles.